The number of carbonyl (C=O) groups is 2. The summed E-state index contributed by atoms with van der Waals surface area (Å²) in [5.41, 5.74) is 2.29. The number of hydrogen-bond donors (Lipinski definition) is 2. The zero-order valence-electron chi connectivity index (χ0n) is 14.8. The van der Waals surface area contributed by atoms with Crippen molar-refractivity contribution in [3.05, 3.63) is 70.9 Å². The van der Waals surface area contributed by atoms with E-state index in [4.69, 9.17) is 9.52 Å². The van der Waals surface area contributed by atoms with E-state index in [1.807, 2.05) is 36.4 Å². The lowest BCUT2D eigenvalue weighted by molar-refractivity contribution is 0.0694. The van der Waals surface area contributed by atoms with Gasteiger partial charge in [-0.2, -0.15) is 5.10 Å². The van der Waals surface area contributed by atoms with Gasteiger partial charge in [-0.05, 0) is 44.0 Å². The van der Waals surface area contributed by atoms with E-state index in [-0.39, 0.29) is 18.0 Å². The molecule has 2 N–H and O–H groups in total. The Morgan fingerprint density at radius 3 is 2.63 bits per heavy atom. The maximum Gasteiger partial charge on any atom is 0.339 e. The molecule has 1 aliphatic carbocycles. The van der Waals surface area contributed by atoms with Gasteiger partial charge in [-0.25, -0.2) is 9.48 Å². The topological polar surface area (TPSA) is 97.4 Å². The predicted octanol–water partition coefficient (Wildman–Crippen LogP) is 3.28. The van der Waals surface area contributed by atoms with E-state index in [0.717, 1.165) is 24.2 Å². The first-order chi connectivity index (χ1) is 13.0. The lowest BCUT2D eigenvalue weighted by atomic mass is 10.2. The van der Waals surface area contributed by atoms with Gasteiger partial charge in [-0.3, -0.25) is 4.79 Å². The van der Waals surface area contributed by atoms with Crippen molar-refractivity contribution in [2.45, 2.75) is 32.2 Å². The van der Waals surface area contributed by atoms with Crippen LogP contribution in [-0.2, 0) is 6.54 Å². The molecule has 0 unspecified atom stereocenters. The van der Waals surface area contributed by atoms with E-state index in [1.54, 1.807) is 11.6 Å². The lowest BCUT2D eigenvalue weighted by Gasteiger charge is -2.07. The molecule has 2 aromatic heterocycles. The van der Waals surface area contributed by atoms with Crippen molar-refractivity contribution in [1.82, 2.24) is 15.1 Å². The van der Waals surface area contributed by atoms with E-state index in [0.29, 0.717) is 23.1 Å². The Balaban J connectivity index is 1.56. The molecular weight excluding hydrogens is 346 g/mol. The van der Waals surface area contributed by atoms with Gasteiger partial charge in [0.2, 0.25) is 0 Å². The zero-order valence-corrected chi connectivity index (χ0v) is 14.8. The number of carbonyl (C=O) groups excluding carboxylic acids is 1. The molecule has 7 heteroatoms. The second-order valence-corrected chi connectivity index (χ2v) is 6.65. The molecule has 1 saturated carbocycles. The number of carboxylic acids is 1. The smallest absolute Gasteiger partial charge is 0.339 e. The largest absolute Gasteiger partial charge is 0.478 e. The molecule has 1 fully saturated rings. The summed E-state index contributed by atoms with van der Waals surface area (Å²) in [6.07, 6.45) is 2.19. The monoisotopic (exact) mass is 365 g/mol. The number of hydrogen-bond acceptors (Lipinski definition) is 4. The van der Waals surface area contributed by atoms with Gasteiger partial charge in [0.1, 0.15) is 22.8 Å². The van der Waals surface area contributed by atoms with Crippen LogP contribution in [0.25, 0.3) is 5.69 Å². The van der Waals surface area contributed by atoms with Crippen LogP contribution >= 0.6 is 0 Å². The summed E-state index contributed by atoms with van der Waals surface area (Å²) in [7, 11) is 0. The fourth-order valence-electron chi connectivity index (χ4n) is 3.01. The third-order valence-corrected chi connectivity index (χ3v) is 4.58. The van der Waals surface area contributed by atoms with Crippen LogP contribution in [0, 0.1) is 6.92 Å². The van der Waals surface area contributed by atoms with Crippen LogP contribution in [0.15, 0.2) is 46.9 Å². The number of para-hydroxylation sites is 1. The molecule has 0 saturated heterocycles. The minimum atomic E-state index is -1.05. The highest BCUT2D eigenvalue weighted by atomic mass is 16.4. The second-order valence-electron chi connectivity index (χ2n) is 6.65. The summed E-state index contributed by atoms with van der Waals surface area (Å²) >= 11 is 0. The highest BCUT2D eigenvalue weighted by Crippen LogP contribution is 2.39. The van der Waals surface area contributed by atoms with Crippen LogP contribution in [0.1, 0.15) is 56.8 Å². The van der Waals surface area contributed by atoms with E-state index in [2.05, 4.69) is 10.4 Å². The summed E-state index contributed by atoms with van der Waals surface area (Å²) in [5, 5.41) is 16.5. The Kier molecular flexibility index (Phi) is 4.27. The van der Waals surface area contributed by atoms with Crippen molar-refractivity contribution in [2.24, 2.45) is 0 Å². The Morgan fingerprint density at radius 2 is 2.00 bits per heavy atom. The van der Waals surface area contributed by atoms with E-state index in [9.17, 15) is 9.59 Å². The van der Waals surface area contributed by atoms with Crippen LogP contribution in [0.3, 0.4) is 0 Å². The van der Waals surface area contributed by atoms with Crippen molar-refractivity contribution < 1.29 is 19.1 Å². The number of aromatic nitrogens is 2. The van der Waals surface area contributed by atoms with Gasteiger partial charge in [0.05, 0.1) is 17.9 Å². The van der Waals surface area contributed by atoms with Crippen LogP contribution in [0.2, 0.25) is 0 Å². The molecule has 0 aliphatic heterocycles. The molecule has 0 bridgehead atoms. The molecule has 7 nitrogen and oxygen atoms in total. The molecule has 3 aromatic rings. The van der Waals surface area contributed by atoms with Crippen molar-refractivity contribution in [1.29, 1.82) is 0 Å². The SMILES string of the molecule is Cc1oc(CNC(=O)c2cc(C3CC3)nn2-c2ccccc2)cc1C(=O)O. The number of aryl methyl sites for hydroxylation is 1. The fourth-order valence-corrected chi connectivity index (χ4v) is 3.01. The first kappa shape index (κ1) is 17.1. The number of nitrogens with one attached hydrogen (secondary N) is 1. The van der Waals surface area contributed by atoms with Crippen LogP contribution < -0.4 is 5.32 Å². The standard InChI is InChI=1S/C20H19N3O4/c1-12-16(20(25)26)9-15(27-12)11-21-19(24)18-10-17(13-7-8-13)22-23(18)14-5-3-2-4-6-14/h2-6,9-10,13H,7-8,11H2,1H3,(H,21,24)(H,25,26). The Bertz CT molecular complexity index is 1000. The van der Waals surface area contributed by atoms with Gasteiger partial charge in [-0.15, -0.1) is 0 Å². The highest BCUT2D eigenvalue weighted by Gasteiger charge is 2.29. The normalized spacial score (nSPS) is 13.5. The second kappa shape index (κ2) is 6.75. The molecule has 4 rings (SSSR count). The molecule has 1 amide bonds. The predicted molar refractivity (Wildman–Crippen MR) is 97.1 cm³/mol. The number of furan rings is 1. The molecule has 1 aromatic carbocycles. The summed E-state index contributed by atoms with van der Waals surface area (Å²) in [6.45, 7) is 1.69. The average Bonchev–Trinajstić information content (AvgIpc) is 3.30. The van der Waals surface area contributed by atoms with Gasteiger partial charge < -0.3 is 14.8 Å². The molecular formula is C20H19N3O4. The molecule has 0 spiro atoms. The Labute approximate surface area is 155 Å². The summed E-state index contributed by atoms with van der Waals surface area (Å²) in [6, 6.07) is 12.8. The van der Waals surface area contributed by atoms with Crippen LogP contribution in [0.5, 0.6) is 0 Å². The summed E-state index contributed by atoms with van der Waals surface area (Å²) < 4.78 is 7.06. The zero-order chi connectivity index (χ0) is 19.0. The third kappa shape index (κ3) is 3.48. The van der Waals surface area contributed by atoms with E-state index < -0.39 is 5.97 Å². The van der Waals surface area contributed by atoms with Crippen molar-refractivity contribution >= 4 is 11.9 Å². The quantitative estimate of drug-likeness (QED) is 0.699. The van der Waals surface area contributed by atoms with E-state index >= 15 is 0 Å². The Hall–Kier alpha value is -3.35. The number of aromatic carboxylic acids is 1. The molecule has 138 valence electrons. The Morgan fingerprint density at radius 1 is 1.26 bits per heavy atom. The average molecular weight is 365 g/mol. The number of amides is 1. The van der Waals surface area contributed by atoms with Gasteiger partial charge in [-0.1, -0.05) is 18.2 Å². The van der Waals surface area contributed by atoms with Gasteiger partial charge in [0, 0.05) is 5.92 Å². The first-order valence-electron chi connectivity index (χ1n) is 8.79. The van der Waals surface area contributed by atoms with Crippen LogP contribution in [0.4, 0.5) is 0 Å². The van der Waals surface area contributed by atoms with Gasteiger partial charge in [0.15, 0.2) is 0 Å². The van der Waals surface area contributed by atoms with Crippen LogP contribution in [-0.4, -0.2) is 26.8 Å². The fraction of sp³-hybridized carbons (Fsp3) is 0.250. The molecule has 27 heavy (non-hydrogen) atoms. The number of nitrogens with zero attached hydrogens (tertiary/aromatic N) is 2. The lowest BCUT2D eigenvalue weighted by Crippen LogP contribution is -2.25. The van der Waals surface area contributed by atoms with Gasteiger partial charge in [0.25, 0.3) is 5.91 Å². The third-order valence-electron chi connectivity index (χ3n) is 4.58. The molecule has 0 atom stereocenters. The number of carboxylic acid groups (broad SMARTS) is 1. The number of benzene rings is 1. The summed E-state index contributed by atoms with van der Waals surface area (Å²) in [5.74, 6) is -0.204. The van der Waals surface area contributed by atoms with Gasteiger partial charge >= 0.3 is 5.97 Å². The highest BCUT2D eigenvalue weighted by molar-refractivity contribution is 5.93. The maximum atomic E-state index is 12.8. The molecule has 1 aliphatic rings. The summed E-state index contributed by atoms with van der Waals surface area (Å²) in [4.78, 5) is 23.9. The molecule has 2 heterocycles. The number of rotatable bonds is 6. The van der Waals surface area contributed by atoms with Crippen molar-refractivity contribution in [3.63, 3.8) is 0 Å². The van der Waals surface area contributed by atoms with E-state index in [1.165, 1.54) is 6.07 Å². The minimum Gasteiger partial charge on any atom is -0.478 e. The van der Waals surface area contributed by atoms with Crippen molar-refractivity contribution in [3.8, 4) is 5.69 Å². The first-order valence-corrected chi connectivity index (χ1v) is 8.79. The molecule has 0 radical (unpaired) electrons. The van der Waals surface area contributed by atoms with Crippen molar-refractivity contribution in [2.75, 3.05) is 0 Å². The minimum absolute atomic E-state index is 0.101. The maximum absolute atomic E-state index is 12.8.